The van der Waals surface area contributed by atoms with Gasteiger partial charge in [0.2, 0.25) is 5.91 Å². The summed E-state index contributed by atoms with van der Waals surface area (Å²) in [5.41, 5.74) is 2.78. The second-order valence-electron chi connectivity index (χ2n) is 3.78. The highest BCUT2D eigenvalue weighted by Gasteiger charge is 2.23. The average molecular weight is 211 g/mol. The number of carbonyl (C=O) groups is 2. The Hall–Kier alpha value is -1.39. The van der Waals surface area contributed by atoms with Crippen molar-refractivity contribution in [3.63, 3.8) is 0 Å². The number of nitrogens with zero attached hydrogens (tertiary/aromatic N) is 2. The third-order valence-electron chi connectivity index (χ3n) is 2.38. The van der Waals surface area contributed by atoms with Crippen LogP contribution in [0.5, 0.6) is 0 Å². The zero-order valence-electron chi connectivity index (χ0n) is 9.41. The molecule has 5 nitrogen and oxygen atoms in total. The van der Waals surface area contributed by atoms with E-state index in [1.54, 1.807) is 4.90 Å². The molecule has 1 aliphatic rings. The second-order valence-corrected chi connectivity index (χ2v) is 3.78. The summed E-state index contributed by atoms with van der Waals surface area (Å²) < 4.78 is 0. The van der Waals surface area contributed by atoms with Gasteiger partial charge in [0.25, 0.3) is 5.91 Å². The summed E-state index contributed by atoms with van der Waals surface area (Å²) in [6.45, 7) is 6.51. The molecular formula is C10H17N3O2. The van der Waals surface area contributed by atoms with Crippen molar-refractivity contribution in [3.8, 4) is 0 Å². The van der Waals surface area contributed by atoms with E-state index in [-0.39, 0.29) is 17.9 Å². The quantitative estimate of drug-likeness (QED) is 0.739. The van der Waals surface area contributed by atoms with Crippen LogP contribution in [0.3, 0.4) is 0 Å². The van der Waals surface area contributed by atoms with Gasteiger partial charge in [0, 0.05) is 25.4 Å². The monoisotopic (exact) mass is 211 g/mol. The molecule has 0 radical (unpaired) electrons. The molecule has 0 aromatic heterocycles. The summed E-state index contributed by atoms with van der Waals surface area (Å²) in [5, 5.41) is 3.79. The van der Waals surface area contributed by atoms with E-state index in [4.69, 9.17) is 0 Å². The lowest BCUT2D eigenvalue weighted by atomic mass is 10.1. The van der Waals surface area contributed by atoms with Crippen LogP contribution in [0.4, 0.5) is 0 Å². The molecule has 0 saturated heterocycles. The van der Waals surface area contributed by atoms with Crippen molar-refractivity contribution in [3.05, 3.63) is 0 Å². The van der Waals surface area contributed by atoms with Crippen molar-refractivity contribution in [2.24, 2.45) is 5.10 Å². The van der Waals surface area contributed by atoms with Gasteiger partial charge in [-0.1, -0.05) is 0 Å². The minimum absolute atomic E-state index is 0.0764. The van der Waals surface area contributed by atoms with Gasteiger partial charge in [-0.25, -0.2) is 5.43 Å². The largest absolute Gasteiger partial charge is 0.335 e. The Balaban J connectivity index is 2.71. The Morgan fingerprint density at radius 1 is 1.53 bits per heavy atom. The molecule has 0 aliphatic carbocycles. The van der Waals surface area contributed by atoms with Gasteiger partial charge in [0.05, 0.1) is 0 Å². The molecule has 0 saturated carbocycles. The molecule has 1 aliphatic heterocycles. The van der Waals surface area contributed by atoms with Crippen molar-refractivity contribution in [1.29, 1.82) is 0 Å². The highest BCUT2D eigenvalue weighted by Crippen LogP contribution is 2.06. The number of carbonyl (C=O) groups excluding carboxylic acids is 2. The van der Waals surface area contributed by atoms with Crippen LogP contribution in [0.1, 0.15) is 33.6 Å². The molecule has 0 atom stereocenters. The van der Waals surface area contributed by atoms with Crippen LogP contribution in [0.2, 0.25) is 0 Å². The first kappa shape index (κ1) is 11.7. The van der Waals surface area contributed by atoms with E-state index < -0.39 is 0 Å². The number of hydrogen-bond acceptors (Lipinski definition) is 3. The summed E-state index contributed by atoms with van der Waals surface area (Å²) >= 11 is 0. The number of rotatable bonds is 3. The molecule has 84 valence electrons. The number of hydrogen-bond donors (Lipinski definition) is 1. The van der Waals surface area contributed by atoms with Gasteiger partial charge in [0.1, 0.15) is 5.71 Å². The first-order valence-corrected chi connectivity index (χ1v) is 5.22. The molecule has 0 spiro atoms. The lowest BCUT2D eigenvalue weighted by molar-refractivity contribution is -0.125. The predicted octanol–water partition coefficient (Wildman–Crippen LogP) is 0.509. The van der Waals surface area contributed by atoms with Gasteiger partial charge in [-0.15, -0.1) is 0 Å². The smallest absolute Gasteiger partial charge is 0.270 e. The minimum atomic E-state index is -0.126. The lowest BCUT2D eigenvalue weighted by Crippen LogP contribution is -2.43. The average Bonchev–Trinajstić information content (AvgIpc) is 2.19. The summed E-state index contributed by atoms with van der Waals surface area (Å²) in [5.74, 6) is -0.202. The van der Waals surface area contributed by atoms with Crippen LogP contribution >= 0.6 is 0 Å². The van der Waals surface area contributed by atoms with Crippen LogP contribution in [0.15, 0.2) is 5.10 Å². The Morgan fingerprint density at radius 2 is 2.20 bits per heavy atom. The predicted molar refractivity (Wildman–Crippen MR) is 57.3 cm³/mol. The molecule has 15 heavy (non-hydrogen) atoms. The van der Waals surface area contributed by atoms with Crippen LogP contribution < -0.4 is 5.43 Å². The molecule has 2 amide bonds. The van der Waals surface area contributed by atoms with Gasteiger partial charge >= 0.3 is 0 Å². The van der Waals surface area contributed by atoms with E-state index in [0.29, 0.717) is 25.1 Å². The van der Waals surface area contributed by atoms with E-state index in [1.807, 2.05) is 20.8 Å². The maximum Gasteiger partial charge on any atom is 0.270 e. The van der Waals surface area contributed by atoms with Gasteiger partial charge in [-0.3, -0.25) is 9.59 Å². The fraction of sp³-hybridized carbons (Fsp3) is 0.700. The minimum Gasteiger partial charge on any atom is -0.335 e. The molecule has 1 rings (SSSR count). The number of hydrazone groups is 1. The zero-order chi connectivity index (χ0) is 11.4. The van der Waals surface area contributed by atoms with Crippen molar-refractivity contribution < 1.29 is 9.59 Å². The third kappa shape index (κ3) is 2.78. The first-order chi connectivity index (χ1) is 7.06. The SMILES string of the molecule is CCN(C(=O)C1=NNC(=O)CC1)C(C)C. The Morgan fingerprint density at radius 3 is 2.60 bits per heavy atom. The second kappa shape index (κ2) is 4.91. The molecule has 0 bridgehead atoms. The highest BCUT2D eigenvalue weighted by atomic mass is 16.2. The Bertz CT molecular complexity index is 297. The van der Waals surface area contributed by atoms with Crippen molar-refractivity contribution in [1.82, 2.24) is 10.3 Å². The summed E-state index contributed by atoms with van der Waals surface area (Å²) in [4.78, 5) is 24.5. The Kier molecular flexibility index (Phi) is 3.82. The zero-order valence-corrected chi connectivity index (χ0v) is 9.41. The molecule has 1 N–H and O–H groups in total. The fourth-order valence-electron chi connectivity index (χ4n) is 1.54. The van der Waals surface area contributed by atoms with Crippen LogP contribution in [-0.2, 0) is 9.59 Å². The summed E-state index contributed by atoms with van der Waals surface area (Å²) in [6.07, 6.45) is 0.786. The van der Waals surface area contributed by atoms with Crippen molar-refractivity contribution >= 4 is 17.5 Å². The van der Waals surface area contributed by atoms with Gasteiger partial charge < -0.3 is 4.90 Å². The topological polar surface area (TPSA) is 61.8 Å². The molecular weight excluding hydrogens is 194 g/mol. The molecule has 5 heteroatoms. The third-order valence-corrected chi connectivity index (χ3v) is 2.38. The maximum absolute atomic E-state index is 11.9. The van der Waals surface area contributed by atoms with E-state index >= 15 is 0 Å². The standard InChI is InChI=1S/C10H17N3O2/c1-4-13(7(2)3)10(15)8-5-6-9(14)12-11-8/h7H,4-6H2,1-3H3,(H,12,14). The van der Waals surface area contributed by atoms with E-state index in [2.05, 4.69) is 10.5 Å². The van der Waals surface area contributed by atoms with Crippen LogP contribution in [-0.4, -0.2) is 35.0 Å². The van der Waals surface area contributed by atoms with E-state index in [9.17, 15) is 9.59 Å². The molecule has 0 aromatic carbocycles. The van der Waals surface area contributed by atoms with Gasteiger partial charge in [0.15, 0.2) is 0 Å². The molecule has 0 unspecified atom stereocenters. The number of amides is 2. The summed E-state index contributed by atoms with van der Waals surface area (Å²) in [7, 11) is 0. The van der Waals surface area contributed by atoms with Crippen LogP contribution in [0.25, 0.3) is 0 Å². The van der Waals surface area contributed by atoms with Crippen LogP contribution in [0, 0.1) is 0 Å². The first-order valence-electron chi connectivity index (χ1n) is 5.22. The fourth-order valence-corrected chi connectivity index (χ4v) is 1.54. The Labute approximate surface area is 89.5 Å². The van der Waals surface area contributed by atoms with E-state index in [0.717, 1.165) is 0 Å². The maximum atomic E-state index is 11.9. The van der Waals surface area contributed by atoms with E-state index in [1.165, 1.54) is 0 Å². The normalized spacial score (nSPS) is 16.0. The lowest BCUT2D eigenvalue weighted by Gasteiger charge is -2.26. The number of nitrogens with one attached hydrogen (secondary N) is 1. The van der Waals surface area contributed by atoms with Crippen molar-refractivity contribution in [2.75, 3.05) is 6.54 Å². The van der Waals surface area contributed by atoms with Gasteiger partial charge in [-0.2, -0.15) is 5.10 Å². The molecule has 0 fully saturated rings. The van der Waals surface area contributed by atoms with Crippen molar-refractivity contribution in [2.45, 2.75) is 39.7 Å². The molecule has 0 aromatic rings. The van der Waals surface area contributed by atoms with Gasteiger partial charge in [-0.05, 0) is 20.8 Å². The molecule has 1 heterocycles. The summed E-state index contributed by atoms with van der Waals surface area (Å²) in [6, 6.07) is 0.155. The highest BCUT2D eigenvalue weighted by molar-refractivity contribution is 6.39.